The van der Waals surface area contributed by atoms with Crippen molar-refractivity contribution in [2.24, 2.45) is 17.6 Å². The molecule has 2 rings (SSSR count). The van der Waals surface area contributed by atoms with Crippen molar-refractivity contribution in [3.63, 3.8) is 0 Å². The van der Waals surface area contributed by atoms with Crippen molar-refractivity contribution in [2.45, 2.75) is 45.1 Å². The van der Waals surface area contributed by atoms with Crippen LogP contribution in [0, 0.1) is 23.2 Å². The van der Waals surface area contributed by atoms with Gasteiger partial charge in [0.05, 0.1) is 6.07 Å². The van der Waals surface area contributed by atoms with E-state index in [2.05, 4.69) is 6.07 Å². The molecule has 2 bridgehead atoms. The average molecular weight is 168 g/mol. The van der Waals surface area contributed by atoms with Crippen LogP contribution in [0.3, 0.4) is 0 Å². The molecule has 0 aliphatic heterocycles. The standard InChI is InChI=1S/C8H12N2.C2H6.H2/c9-5-8(10)4-6-1-2-7(8)3-6;1-2;/h6-7H,1-4,10H2;1-2H3;1H. The molecule has 0 aromatic carbocycles. The minimum Gasteiger partial charge on any atom is -0.313 e. The van der Waals surface area contributed by atoms with Gasteiger partial charge in [0.25, 0.3) is 0 Å². The van der Waals surface area contributed by atoms with Gasteiger partial charge in [-0.1, -0.05) is 13.8 Å². The Hall–Kier alpha value is -0.550. The van der Waals surface area contributed by atoms with E-state index in [0.29, 0.717) is 5.92 Å². The summed E-state index contributed by atoms with van der Waals surface area (Å²) in [5.41, 5.74) is 5.44. The molecule has 12 heavy (non-hydrogen) atoms. The monoisotopic (exact) mass is 168 g/mol. The predicted molar refractivity (Wildman–Crippen MR) is 51.4 cm³/mol. The van der Waals surface area contributed by atoms with E-state index in [0.717, 1.165) is 12.3 Å². The van der Waals surface area contributed by atoms with Crippen LogP contribution >= 0.6 is 0 Å². The Morgan fingerprint density at radius 3 is 2.42 bits per heavy atom. The molecule has 2 aliphatic carbocycles. The van der Waals surface area contributed by atoms with Crippen LogP contribution in [-0.4, -0.2) is 5.54 Å². The number of rotatable bonds is 0. The lowest BCUT2D eigenvalue weighted by atomic mass is 9.83. The lowest BCUT2D eigenvalue weighted by molar-refractivity contribution is 0.342. The highest BCUT2D eigenvalue weighted by Crippen LogP contribution is 2.49. The minimum atomic E-state index is -0.442. The number of nitrogens with zero attached hydrogens (tertiary/aromatic N) is 1. The first-order chi connectivity index (χ1) is 5.74. The molecule has 2 heteroatoms. The van der Waals surface area contributed by atoms with Crippen LogP contribution in [0.15, 0.2) is 0 Å². The van der Waals surface area contributed by atoms with Gasteiger partial charge in [0.2, 0.25) is 0 Å². The fourth-order valence-electron chi connectivity index (χ4n) is 2.51. The van der Waals surface area contributed by atoms with Crippen LogP contribution < -0.4 is 5.73 Å². The van der Waals surface area contributed by atoms with Gasteiger partial charge in [-0.25, -0.2) is 0 Å². The molecule has 70 valence electrons. The maximum Gasteiger partial charge on any atom is 0.107 e. The van der Waals surface area contributed by atoms with Crippen LogP contribution in [-0.2, 0) is 0 Å². The molecule has 0 spiro atoms. The molecule has 3 atom stereocenters. The number of fused-ring (bicyclic) bond motifs is 2. The summed E-state index contributed by atoms with van der Waals surface area (Å²) in [5, 5.41) is 8.77. The normalized spacial score (nSPS) is 43.2. The lowest BCUT2D eigenvalue weighted by Gasteiger charge is -2.25. The molecule has 2 aliphatic rings. The largest absolute Gasteiger partial charge is 0.313 e. The molecule has 0 saturated heterocycles. The van der Waals surface area contributed by atoms with Crippen LogP contribution in [0.5, 0.6) is 0 Å². The van der Waals surface area contributed by atoms with Crippen molar-refractivity contribution in [1.29, 1.82) is 5.26 Å². The van der Waals surface area contributed by atoms with Crippen molar-refractivity contribution in [3.8, 4) is 6.07 Å². The van der Waals surface area contributed by atoms with E-state index in [1.165, 1.54) is 19.3 Å². The maximum absolute atomic E-state index is 8.77. The summed E-state index contributed by atoms with van der Waals surface area (Å²) in [6.45, 7) is 4.00. The summed E-state index contributed by atoms with van der Waals surface area (Å²) in [6, 6.07) is 2.25. The fraction of sp³-hybridized carbons (Fsp3) is 0.900. The van der Waals surface area contributed by atoms with Crippen LogP contribution in [0.4, 0.5) is 0 Å². The van der Waals surface area contributed by atoms with Gasteiger partial charge in [0.1, 0.15) is 5.54 Å². The van der Waals surface area contributed by atoms with Gasteiger partial charge >= 0.3 is 0 Å². The molecule has 0 amide bonds. The lowest BCUT2D eigenvalue weighted by Crippen LogP contribution is -2.43. The van der Waals surface area contributed by atoms with E-state index in [1.54, 1.807) is 0 Å². The van der Waals surface area contributed by atoms with E-state index in [-0.39, 0.29) is 1.43 Å². The van der Waals surface area contributed by atoms with Crippen molar-refractivity contribution >= 4 is 0 Å². The topological polar surface area (TPSA) is 49.8 Å². The summed E-state index contributed by atoms with van der Waals surface area (Å²) in [4.78, 5) is 0. The SMILES string of the molecule is CC.N#CC1(N)CC2CCC1C2.[HH]. The molecule has 0 heterocycles. The molecular weight excluding hydrogens is 148 g/mol. The first-order valence-electron chi connectivity index (χ1n) is 4.95. The zero-order valence-corrected chi connectivity index (χ0v) is 8.01. The van der Waals surface area contributed by atoms with Crippen molar-refractivity contribution < 1.29 is 1.43 Å². The van der Waals surface area contributed by atoms with E-state index in [1.807, 2.05) is 13.8 Å². The first kappa shape index (κ1) is 9.54. The Kier molecular flexibility index (Phi) is 2.74. The van der Waals surface area contributed by atoms with E-state index >= 15 is 0 Å². The van der Waals surface area contributed by atoms with Gasteiger partial charge < -0.3 is 5.73 Å². The Balaban J connectivity index is 0.000000451. The minimum absolute atomic E-state index is 0. The quantitative estimate of drug-likeness (QED) is 0.603. The summed E-state index contributed by atoms with van der Waals surface area (Å²) in [6.07, 6.45) is 4.66. The number of nitriles is 1. The maximum atomic E-state index is 8.77. The third-order valence-electron chi connectivity index (χ3n) is 3.10. The Morgan fingerprint density at radius 2 is 2.17 bits per heavy atom. The zero-order chi connectivity index (χ0) is 9.19. The average Bonchev–Trinajstić information content (AvgIpc) is 2.67. The smallest absolute Gasteiger partial charge is 0.107 e. The Bertz CT molecular complexity index is 200. The summed E-state index contributed by atoms with van der Waals surface area (Å²) < 4.78 is 0. The van der Waals surface area contributed by atoms with E-state index in [9.17, 15) is 0 Å². The third-order valence-corrected chi connectivity index (χ3v) is 3.10. The van der Waals surface area contributed by atoms with Crippen LogP contribution in [0.2, 0.25) is 0 Å². The molecule has 0 aromatic rings. The van der Waals surface area contributed by atoms with Gasteiger partial charge in [-0.2, -0.15) is 5.26 Å². The van der Waals surface area contributed by atoms with Gasteiger partial charge in [0, 0.05) is 1.43 Å². The number of hydrogen-bond donors (Lipinski definition) is 1. The molecule has 2 saturated carbocycles. The van der Waals surface area contributed by atoms with Crippen molar-refractivity contribution in [1.82, 2.24) is 0 Å². The molecule has 0 radical (unpaired) electrons. The highest BCUT2D eigenvalue weighted by Gasteiger charge is 2.48. The molecule has 2 nitrogen and oxygen atoms in total. The van der Waals surface area contributed by atoms with Crippen molar-refractivity contribution in [2.75, 3.05) is 0 Å². The highest BCUT2D eigenvalue weighted by atomic mass is 14.8. The molecule has 0 aromatic heterocycles. The van der Waals surface area contributed by atoms with Crippen LogP contribution in [0.1, 0.15) is 41.0 Å². The Labute approximate surface area is 76.2 Å². The van der Waals surface area contributed by atoms with Crippen molar-refractivity contribution in [3.05, 3.63) is 0 Å². The fourth-order valence-corrected chi connectivity index (χ4v) is 2.51. The van der Waals surface area contributed by atoms with Gasteiger partial charge in [0.15, 0.2) is 0 Å². The molecule has 3 unspecified atom stereocenters. The third kappa shape index (κ3) is 1.34. The molecule has 2 N–H and O–H groups in total. The first-order valence-corrected chi connectivity index (χ1v) is 4.95. The second-order valence-corrected chi connectivity index (χ2v) is 3.73. The van der Waals surface area contributed by atoms with Crippen LogP contribution in [0.25, 0.3) is 0 Å². The number of nitrogens with two attached hydrogens (primary N) is 1. The van der Waals surface area contributed by atoms with Gasteiger partial charge in [-0.15, -0.1) is 0 Å². The van der Waals surface area contributed by atoms with E-state index in [4.69, 9.17) is 11.0 Å². The van der Waals surface area contributed by atoms with Gasteiger partial charge in [-0.3, -0.25) is 0 Å². The summed E-state index contributed by atoms with van der Waals surface area (Å²) in [7, 11) is 0. The van der Waals surface area contributed by atoms with Gasteiger partial charge in [-0.05, 0) is 37.5 Å². The number of hydrogen-bond acceptors (Lipinski definition) is 2. The molecule has 2 fully saturated rings. The summed E-state index contributed by atoms with van der Waals surface area (Å²) >= 11 is 0. The van der Waals surface area contributed by atoms with E-state index < -0.39 is 5.54 Å². The molecular formula is C10H20N2. The predicted octanol–water partition coefficient (Wildman–Crippen LogP) is 2.30. The summed E-state index contributed by atoms with van der Waals surface area (Å²) in [5.74, 6) is 1.29. The second kappa shape index (κ2) is 3.45. The zero-order valence-electron chi connectivity index (χ0n) is 8.01. The Morgan fingerprint density at radius 1 is 1.50 bits per heavy atom. The second-order valence-electron chi connectivity index (χ2n) is 3.73. The highest BCUT2D eigenvalue weighted by molar-refractivity contribution is 5.16.